The molecule has 25 heavy (non-hydrogen) atoms. The second-order valence-electron chi connectivity index (χ2n) is 5.23. The third-order valence-electron chi connectivity index (χ3n) is 3.52. The highest BCUT2D eigenvalue weighted by Gasteiger charge is 2.16. The fourth-order valence-corrected chi connectivity index (χ4v) is 3.06. The van der Waals surface area contributed by atoms with Crippen LogP contribution in [-0.2, 0) is 16.1 Å². The lowest BCUT2D eigenvalue weighted by molar-refractivity contribution is -0.133. The van der Waals surface area contributed by atoms with Gasteiger partial charge in [-0.2, -0.15) is 0 Å². The molecule has 7 heteroatoms. The van der Waals surface area contributed by atoms with Crippen LogP contribution in [0.5, 0.6) is 0 Å². The highest BCUT2D eigenvalue weighted by molar-refractivity contribution is 7.98. The second kappa shape index (κ2) is 9.48. The standard InChI is InChI=1S/C18H20N2O3S2/c1-20(11-13-6-8-14(24-2)9-7-13)16(21)12-23-18(22)15-5-4-10-19-17(15)25-3/h4-10H,11-12H2,1-3H3. The SMILES string of the molecule is CSc1ccc(CN(C)C(=O)COC(=O)c2cccnc2SC)cc1. The number of pyridine rings is 1. The van der Waals surface area contributed by atoms with Crippen LogP contribution in [0, 0.1) is 0 Å². The summed E-state index contributed by atoms with van der Waals surface area (Å²) in [6.45, 7) is 0.176. The molecule has 0 aliphatic rings. The number of hydrogen-bond acceptors (Lipinski definition) is 6. The van der Waals surface area contributed by atoms with Crippen LogP contribution in [0.3, 0.4) is 0 Å². The minimum Gasteiger partial charge on any atom is -0.452 e. The van der Waals surface area contributed by atoms with Crippen molar-refractivity contribution in [2.45, 2.75) is 16.5 Å². The van der Waals surface area contributed by atoms with Crippen molar-refractivity contribution in [2.75, 3.05) is 26.2 Å². The van der Waals surface area contributed by atoms with E-state index in [9.17, 15) is 9.59 Å². The van der Waals surface area contributed by atoms with Gasteiger partial charge in [-0.1, -0.05) is 12.1 Å². The number of esters is 1. The van der Waals surface area contributed by atoms with Crippen molar-refractivity contribution < 1.29 is 14.3 Å². The molecule has 1 aromatic heterocycles. The summed E-state index contributed by atoms with van der Waals surface area (Å²) >= 11 is 3.03. The van der Waals surface area contributed by atoms with Crippen LogP contribution in [0.4, 0.5) is 0 Å². The second-order valence-corrected chi connectivity index (χ2v) is 6.91. The lowest BCUT2D eigenvalue weighted by atomic mass is 10.2. The quantitative estimate of drug-likeness (QED) is 0.546. The summed E-state index contributed by atoms with van der Waals surface area (Å²) in [6, 6.07) is 11.3. The Kier molecular flexibility index (Phi) is 7.33. The Morgan fingerprint density at radius 1 is 1.12 bits per heavy atom. The molecule has 0 saturated carbocycles. The minimum atomic E-state index is -0.538. The maximum absolute atomic E-state index is 12.2. The van der Waals surface area contributed by atoms with Gasteiger partial charge in [0.2, 0.25) is 0 Å². The van der Waals surface area contributed by atoms with Crippen molar-refractivity contribution in [3.05, 3.63) is 53.7 Å². The summed E-state index contributed by atoms with van der Waals surface area (Å²) in [5, 5.41) is 0.585. The van der Waals surface area contributed by atoms with Gasteiger partial charge in [-0.15, -0.1) is 23.5 Å². The molecule has 1 aromatic carbocycles. The molecule has 0 fully saturated rings. The molecular formula is C18H20N2O3S2. The first-order valence-electron chi connectivity index (χ1n) is 7.58. The molecule has 0 unspecified atom stereocenters. The number of likely N-dealkylation sites (N-methyl/N-ethyl adjacent to an activating group) is 1. The van der Waals surface area contributed by atoms with Crippen LogP contribution < -0.4 is 0 Å². The number of thioether (sulfide) groups is 2. The van der Waals surface area contributed by atoms with E-state index in [0.717, 1.165) is 5.56 Å². The molecule has 0 aliphatic carbocycles. The maximum atomic E-state index is 12.2. The lowest BCUT2D eigenvalue weighted by Crippen LogP contribution is -2.30. The lowest BCUT2D eigenvalue weighted by Gasteiger charge is -2.17. The van der Waals surface area contributed by atoms with Gasteiger partial charge < -0.3 is 9.64 Å². The Bertz CT molecular complexity index is 735. The zero-order chi connectivity index (χ0) is 18.2. The summed E-state index contributed by atoms with van der Waals surface area (Å²) in [6.07, 6.45) is 5.47. The van der Waals surface area contributed by atoms with Crippen LogP contribution in [0.2, 0.25) is 0 Å². The fourth-order valence-electron chi connectivity index (χ4n) is 2.12. The van der Waals surface area contributed by atoms with Crippen LogP contribution in [0.15, 0.2) is 52.5 Å². The zero-order valence-corrected chi connectivity index (χ0v) is 16.0. The smallest absolute Gasteiger partial charge is 0.341 e. The summed E-state index contributed by atoms with van der Waals surface area (Å²) in [5.74, 6) is -0.791. The predicted octanol–water partition coefficient (Wildman–Crippen LogP) is 3.34. The maximum Gasteiger partial charge on any atom is 0.341 e. The molecular weight excluding hydrogens is 356 g/mol. The van der Waals surface area contributed by atoms with Gasteiger partial charge in [-0.3, -0.25) is 4.79 Å². The summed E-state index contributed by atoms with van der Waals surface area (Å²) < 4.78 is 5.14. The first-order valence-corrected chi connectivity index (χ1v) is 10.0. The number of aromatic nitrogens is 1. The Balaban J connectivity index is 1.89. The molecule has 0 aliphatic heterocycles. The van der Waals surface area contributed by atoms with Crippen LogP contribution in [0.1, 0.15) is 15.9 Å². The van der Waals surface area contributed by atoms with E-state index in [4.69, 9.17) is 4.74 Å². The van der Waals surface area contributed by atoms with E-state index < -0.39 is 5.97 Å². The van der Waals surface area contributed by atoms with Gasteiger partial charge in [0.05, 0.1) is 5.56 Å². The van der Waals surface area contributed by atoms with Crippen molar-refractivity contribution in [1.29, 1.82) is 0 Å². The molecule has 0 saturated heterocycles. The average molecular weight is 377 g/mol. The van der Waals surface area contributed by atoms with Crippen LogP contribution in [0.25, 0.3) is 0 Å². The highest BCUT2D eigenvalue weighted by Crippen LogP contribution is 2.18. The average Bonchev–Trinajstić information content (AvgIpc) is 2.66. The molecule has 1 heterocycles. The Morgan fingerprint density at radius 2 is 1.84 bits per heavy atom. The highest BCUT2D eigenvalue weighted by atomic mass is 32.2. The first kappa shape index (κ1) is 19.3. The summed E-state index contributed by atoms with van der Waals surface area (Å²) in [7, 11) is 1.69. The largest absolute Gasteiger partial charge is 0.452 e. The van der Waals surface area contributed by atoms with Gasteiger partial charge in [0.1, 0.15) is 5.03 Å². The molecule has 5 nitrogen and oxygen atoms in total. The number of carbonyl (C=O) groups is 2. The van der Waals surface area contributed by atoms with Gasteiger partial charge in [0, 0.05) is 24.7 Å². The van der Waals surface area contributed by atoms with Crippen molar-refractivity contribution in [3.63, 3.8) is 0 Å². The third kappa shape index (κ3) is 5.51. The molecule has 0 bridgehead atoms. The molecule has 2 aromatic rings. The first-order chi connectivity index (χ1) is 12.0. The predicted molar refractivity (Wildman–Crippen MR) is 101 cm³/mol. The number of rotatable bonds is 7. The topological polar surface area (TPSA) is 59.5 Å². The van der Waals surface area contributed by atoms with E-state index in [1.807, 2.05) is 36.8 Å². The van der Waals surface area contributed by atoms with Crippen LogP contribution in [-0.4, -0.2) is 47.9 Å². The van der Waals surface area contributed by atoms with Gasteiger partial charge in [-0.25, -0.2) is 9.78 Å². The van der Waals surface area contributed by atoms with Crippen molar-refractivity contribution in [3.8, 4) is 0 Å². The summed E-state index contributed by atoms with van der Waals surface area (Å²) in [5.41, 5.74) is 1.40. The van der Waals surface area contributed by atoms with E-state index in [0.29, 0.717) is 17.1 Å². The number of carbonyl (C=O) groups excluding carboxylic acids is 2. The summed E-state index contributed by atoms with van der Waals surface area (Å²) in [4.78, 5) is 31.1. The number of ether oxygens (including phenoxy) is 1. The van der Waals surface area contributed by atoms with Crippen molar-refractivity contribution >= 4 is 35.4 Å². The fraction of sp³-hybridized carbons (Fsp3) is 0.278. The van der Waals surface area contributed by atoms with Gasteiger partial charge in [0.15, 0.2) is 6.61 Å². The van der Waals surface area contributed by atoms with E-state index in [1.165, 1.54) is 16.7 Å². The number of hydrogen-bond donors (Lipinski definition) is 0. The zero-order valence-electron chi connectivity index (χ0n) is 14.4. The molecule has 0 spiro atoms. The Hall–Kier alpha value is -1.99. The Morgan fingerprint density at radius 3 is 2.48 bits per heavy atom. The van der Waals surface area contributed by atoms with E-state index in [1.54, 1.807) is 42.0 Å². The third-order valence-corrected chi connectivity index (χ3v) is 4.97. The Labute approximate surface area is 156 Å². The molecule has 0 radical (unpaired) electrons. The van der Waals surface area contributed by atoms with Crippen molar-refractivity contribution in [2.24, 2.45) is 0 Å². The van der Waals surface area contributed by atoms with E-state index in [2.05, 4.69) is 4.98 Å². The molecule has 1 amide bonds. The molecule has 2 rings (SSSR count). The number of nitrogens with zero attached hydrogens (tertiary/aromatic N) is 2. The van der Waals surface area contributed by atoms with Crippen molar-refractivity contribution in [1.82, 2.24) is 9.88 Å². The monoisotopic (exact) mass is 376 g/mol. The van der Waals surface area contributed by atoms with E-state index >= 15 is 0 Å². The molecule has 0 atom stereocenters. The number of benzene rings is 1. The van der Waals surface area contributed by atoms with Crippen LogP contribution >= 0.6 is 23.5 Å². The van der Waals surface area contributed by atoms with E-state index in [-0.39, 0.29) is 12.5 Å². The minimum absolute atomic E-state index is 0.253. The molecule has 0 N–H and O–H groups in total. The van der Waals surface area contributed by atoms with Gasteiger partial charge >= 0.3 is 5.97 Å². The normalized spacial score (nSPS) is 10.4. The van der Waals surface area contributed by atoms with Gasteiger partial charge in [-0.05, 0) is 42.3 Å². The number of amides is 1. The van der Waals surface area contributed by atoms with Gasteiger partial charge in [0.25, 0.3) is 5.91 Å². The molecule has 132 valence electrons.